The molecule has 2 aromatic carbocycles. The molecule has 0 aromatic heterocycles. The van der Waals surface area contributed by atoms with E-state index in [2.05, 4.69) is 26.2 Å². The molecule has 0 heterocycles. The number of para-hydroxylation sites is 1. The molecule has 0 atom stereocenters. The molecule has 2 aromatic rings. The lowest BCUT2D eigenvalue weighted by Gasteiger charge is -2.05. The quantitative estimate of drug-likeness (QED) is 0.628. The molecule has 0 aliphatic rings. The summed E-state index contributed by atoms with van der Waals surface area (Å²) in [4.78, 5) is 4.20. The monoisotopic (exact) mass is 306 g/mol. The molecule has 0 radical (unpaired) electrons. The van der Waals surface area contributed by atoms with Crippen LogP contribution in [0.25, 0.3) is 0 Å². The van der Waals surface area contributed by atoms with Gasteiger partial charge in [0.1, 0.15) is 17.3 Å². The van der Waals surface area contributed by atoms with E-state index >= 15 is 0 Å². The lowest BCUT2D eigenvalue weighted by Crippen LogP contribution is -2.06. The molecular formula is C14H12BrFN2. The Labute approximate surface area is 114 Å². The molecule has 18 heavy (non-hydrogen) atoms. The standard InChI is InChI=1S/C14H12BrFN2/c1-10(17-12-5-3-2-4-6-12)18-14-8-7-11(15)9-13(14)16/h2-9H,1H3,(H,17,18). The Morgan fingerprint density at radius 3 is 2.56 bits per heavy atom. The van der Waals surface area contributed by atoms with E-state index < -0.39 is 0 Å². The SMILES string of the molecule is CC(=Nc1ccc(Br)cc1F)Nc1ccccc1. The van der Waals surface area contributed by atoms with Crippen molar-refractivity contribution in [2.45, 2.75) is 6.92 Å². The molecule has 0 bridgehead atoms. The van der Waals surface area contributed by atoms with Crippen molar-refractivity contribution >= 4 is 33.1 Å². The summed E-state index contributed by atoms with van der Waals surface area (Å²) in [5.41, 5.74) is 1.25. The molecule has 0 saturated carbocycles. The van der Waals surface area contributed by atoms with E-state index in [1.165, 1.54) is 6.07 Å². The van der Waals surface area contributed by atoms with Gasteiger partial charge in [0.15, 0.2) is 0 Å². The van der Waals surface area contributed by atoms with Crippen LogP contribution in [0, 0.1) is 5.82 Å². The Morgan fingerprint density at radius 1 is 1.17 bits per heavy atom. The molecule has 4 heteroatoms. The van der Waals surface area contributed by atoms with E-state index in [0.29, 0.717) is 16.0 Å². The molecule has 92 valence electrons. The largest absolute Gasteiger partial charge is 0.344 e. The minimum Gasteiger partial charge on any atom is -0.344 e. The minimum absolute atomic E-state index is 0.319. The molecule has 0 aliphatic carbocycles. The average Bonchev–Trinajstić information content (AvgIpc) is 2.34. The highest BCUT2D eigenvalue weighted by Gasteiger charge is 2.02. The zero-order valence-electron chi connectivity index (χ0n) is 9.82. The van der Waals surface area contributed by atoms with Crippen LogP contribution in [0.15, 0.2) is 58.0 Å². The van der Waals surface area contributed by atoms with Crippen molar-refractivity contribution in [2.24, 2.45) is 4.99 Å². The first-order chi connectivity index (χ1) is 8.65. The minimum atomic E-state index is -0.349. The van der Waals surface area contributed by atoms with Gasteiger partial charge in [-0.15, -0.1) is 0 Å². The van der Waals surface area contributed by atoms with E-state index in [1.54, 1.807) is 19.1 Å². The smallest absolute Gasteiger partial charge is 0.149 e. The van der Waals surface area contributed by atoms with Crippen LogP contribution < -0.4 is 5.32 Å². The number of nitrogens with zero attached hydrogens (tertiary/aromatic N) is 1. The predicted molar refractivity (Wildman–Crippen MR) is 76.9 cm³/mol. The fraction of sp³-hybridized carbons (Fsp3) is 0.0714. The first-order valence-electron chi connectivity index (χ1n) is 5.47. The van der Waals surface area contributed by atoms with Crippen LogP contribution in [0.1, 0.15) is 6.92 Å². The summed E-state index contributed by atoms with van der Waals surface area (Å²) < 4.78 is 14.3. The lowest BCUT2D eigenvalue weighted by atomic mass is 10.3. The summed E-state index contributed by atoms with van der Waals surface area (Å²) >= 11 is 3.21. The van der Waals surface area contributed by atoms with Gasteiger partial charge in [0.2, 0.25) is 0 Å². The van der Waals surface area contributed by atoms with Gasteiger partial charge < -0.3 is 5.32 Å². The van der Waals surface area contributed by atoms with Gasteiger partial charge in [-0.2, -0.15) is 0 Å². The van der Waals surface area contributed by atoms with Crippen molar-refractivity contribution in [3.8, 4) is 0 Å². The van der Waals surface area contributed by atoms with Gasteiger partial charge in [-0.05, 0) is 37.3 Å². The second-order valence-electron chi connectivity index (χ2n) is 3.78. The molecule has 0 spiro atoms. The number of amidine groups is 1. The Morgan fingerprint density at radius 2 is 1.89 bits per heavy atom. The van der Waals surface area contributed by atoms with E-state index in [1.807, 2.05) is 30.3 Å². The normalized spacial score (nSPS) is 11.4. The first-order valence-corrected chi connectivity index (χ1v) is 6.27. The number of anilines is 1. The van der Waals surface area contributed by atoms with Crippen molar-refractivity contribution in [2.75, 3.05) is 5.32 Å². The third-order valence-corrected chi connectivity index (χ3v) is 2.79. The number of rotatable bonds is 2. The highest BCUT2D eigenvalue weighted by molar-refractivity contribution is 9.10. The van der Waals surface area contributed by atoms with Crippen LogP contribution in [-0.2, 0) is 0 Å². The van der Waals surface area contributed by atoms with Crippen LogP contribution in [-0.4, -0.2) is 5.84 Å². The Bertz CT molecular complexity index is 567. The average molecular weight is 307 g/mol. The predicted octanol–water partition coefficient (Wildman–Crippen LogP) is 4.75. The van der Waals surface area contributed by atoms with Gasteiger partial charge >= 0.3 is 0 Å². The van der Waals surface area contributed by atoms with Gasteiger partial charge in [-0.25, -0.2) is 9.38 Å². The zero-order valence-corrected chi connectivity index (χ0v) is 11.4. The molecule has 2 nitrogen and oxygen atoms in total. The molecule has 0 unspecified atom stereocenters. The lowest BCUT2D eigenvalue weighted by molar-refractivity contribution is 0.629. The van der Waals surface area contributed by atoms with E-state index in [-0.39, 0.29) is 5.82 Å². The Hall–Kier alpha value is -1.68. The van der Waals surface area contributed by atoms with E-state index in [4.69, 9.17) is 0 Å². The molecule has 0 aliphatic heterocycles. The number of hydrogen-bond acceptors (Lipinski definition) is 1. The van der Waals surface area contributed by atoms with Gasteiger partial charge in [-0.3, -0.25) is 0 Å². The van der Waals surface area contributed by atoms with Gasteiger partial charge in [0.25, 0.3) is 0 Å². The highest BCUT2D eigenvalue weighted by Crippen LogP contribution is 2.22. The van der Waals surface area contributed by atoms with Crippen molar-refractivity contribution in [3.63, 3.8) is 0 Å². The Balaban J connectivity index is 2.18. The maximum Gasteiger partial charge on any atom is 0.149 e. The molecular weight excluding hydrogens is 295 g/mol. The van der Waals surface area contributed by atoms with Crippen LogP contribution in [0.3, 0.4) is 0 Å². The van der Waals surface area contributed by atoms with Crippen molar-refractivity contribution in [3.05, 3.63) is 58.8 Å². The van der Waals surface area contributed by atoms with Crippen LogP contribution in [0.2, 0.25) is 0 Å². The summed E-state index contributed by atoms with van der Waals surface area (Å²) in [7, 11) is 0. The second-order valence-corrected chi connectivity index (χ2v) is 4.70. The van der Waals surface area contributed by atoms with Crippen molar-refractivity contribution < 1.29 is 4.39 Å². The zero-order chi connectivity index (χ0) is 13.0. The van der Waals surface area contributed by atoms with Crippen molar-refractivity contribution in [1.29, 1.82) is 0 Å². The van der Waals surface area contributed by atoms with Crippen LogP contribution >= 0.6 is 15.9 Å². The number of hydrogen-bond donors (Lipinski definition) is 1. The maximum absolute atomic E-state index is 13.6. The van der Waals surface area contributed by atoms with E-state index in [9.17, 15) is 4.39 Å². The molecule has 2 rings (SSSR count). The second kappa shape index (κ2) is 5.78. The topological polar surface area (TPSA) is 24.4 Å². The highest BCUT2D eigenvalue weighted by atomic mass is 79.9. The third kappa shape index (κ3) is 3.40. The fourth-order valence-corrected chi connectivity index (χ4v) is 1.84. The molecule has 1 N–H and O–H groups in total. The molecule has 0 saturated heterocycles. The maximum atomic E-state index is 13.6. The summed E-state index contributed by atoms with van der Waals surface area (Å²) in [6, 6.07) is 14.4. The number of nitrogens with one attached hydrogen (secondary N) is 1. The molecule has 0 amide bonds. The number of halogens is 2. The van der Waals surface area contributed by atoms with Crippen LogP contribution in [0.5, 0.6) is 0 Å². The number of benzene rings is 2. The summed E-state index contributed by atoms with van der Waals surface area (Å²) in [6.07, 6.45) is 0. The third-order valence-electron chi connectivity index (χ3n) is 2.30. The van der Waals surface area contributed by atoms with Gasteiger partial charge in [0.05, 0.1) is 0 Å². The fourth-order valence-electron chi connectivity index (χ4n) is 1.51. The summed E-state index contributed by atoms with van der Waals surface area (Å²) in [6.45, 7) is 1.80. The Kier molecular flexibility index (Phi) is 4.10. The van der Waals surface area contributed by atoms with Gasteiger partial charge in [0, 0.05) is 10.2 Å². The number of aliphatic imine (C=N–C) groups is 1. The summed E-state index contributed by atoms with van der Waals surface area (Å²) in [5, 5.41) is 3.10. The van der Waals surface area contributed by atoms with E-state index in [0.717, 1.165) is 5.69 Å². The van der Waals surface area contributed by atoms with Gasteiger partial charge in [-0.1, -0.05) is 34.1 Å². The summed E-state index contributed by atoms with van der Waals surface area (Å²) in [5.74, 6) is 0.293. The first kappa shape index (κ1) is 12.8. The van der Waals surface area contributed by atoms with Crippen molar-refractivity contribution in [1.82, 2.24) is 0 Å². The van der Waals surface area contributed by atoms with Crippen LogP contribution in [0.4, 0.5) is 15.8 Å². The molecule has 0 fully saturated rings.